The number of esters is 2. The van der Waals surface area contributed by atoms with E-state index in [1.807, 2.05) is 0 Å². The Morgan fingerprint density at radius 2 is 1.97 bits per heavy atom. The third kappa shape index (κ3) is 3.83. The smallest absolute Gasteiger partial charge is 0.336 e. The minimum absolute atomic E-state index is 0.0981. The zero-order valence-corrected chi connectivity index (χ0v) is 17.8. The van der Waals surface area contributed by atoms with Gasteiger partial charge in [0, 0.05) is 28.6 Å². The van der Waals surface area contributed by atoms with E-state index in [-0.39, 0.29) is 34.9 Å². The number of allylic oxidation sites excluding steroid dienone is 3. The van der Waals surface area contributed by atoms with Gasteiger partial charge in [0.1, 0.15) is 5.92 Å². The van der Waals surface area contributed by atoms with Crippen molar-refractivity contribution >= 4 is 23.4 Å². The fraction of sp³-hybridized carbons (Fsp3) is 0.409. The molecular formula is C22H24N2O7. The van der Waals surface area contributed by atoms with E-state index in [0.717, 1.165) is 0 Å². The molecule has 9 heteroatoms. The molecule has 164 valence electrons. The molecule has 0 spiro atoms. The van der Waals surface area contributed by atoms with E-state index in [2.05, 4.69) is 5.32 Å². The van der Waals surface area contributed by atoms with Crippen LogP contribution in [0.3, 0.4) is 0 Å². The fourth-order valence-electron chi connectivity index (χ4n) is 4.37. The van der Waals surface area contributed by atoms with Crippen molar-refractivity contribution in [1.29, 1.82) is 0 Å². The molecule has 3 atom stereocenters. The van der Waals surface area contributed by atoms with Crippen LogP contribution in [0.2, 0.25) is 0 Å². The summed E-state index contributed by atoms with van der Waals surface area (Å²) in [7, 11) is 1.21. The average Bonchev–Trinajstić information content (AvgIpc) is 2.72. The van der Waals surface area contributed by atoms with E-state index < -0.39 is 34.5 Å². The zero-order chi connectivity index (χ0) is 22.9. The zero-order valence-electron chi connectivity index (χ0n) is 17.8. The minimum Gasteiger partial charge on any atom is -0.468 e. The Bertz CT molecular complexity index is 1020. The molecule has 3 rings (SSSR count). The van der Waals surface area contributed by atoms with Crippen LogP contribution < -0.4 is 5.32 Å². The Labute approximate surface area is 179 Å². The molecule has 0 amide bonds. The Kier molecular flexibility index (Phi) is 6.24. The molecule has 0 aromatic heterocycles. The number of dihydropyridines is 1. The normalized spacial score (nSPS) is 23.1. The van der Waals surface area contributed by atoms with Gasteiger partial charge in [0.2, 0.25) is 0 Å². The number of nitrogens with one attached hydrogen (secondary N) is 1. The number of Topliss-reactive ketones (excluding diaryl/α,β-unsaturated/α-hetero) is 1. The number of carbonyl (C=O) groups excluding carboxylic acids is 3. The number of benzene rings is 1. The van der Waals surface area contributed by atoms with E-state index >= 15 is 0 Å². The molecule has 2 aliphatic rings. The van der Waals surface area contributed by atoms with Crippen LogP contribution in [0.1, 0.15) is 38.7 Å². The molecule has 1 heterocycles. The van der Waals surface area contributed by atoms with Crippen LogP contribution in [0, 0.1) is 22.0 Å². The van der Waals surface area contributed by atoms with Gasteiger partial charge in [-0.15, -0.1) is 0 Å². The molecule has 1 aromatic carbocycles. The van der Waals surface area contributed by atoms with E-state index in [0.29, 0.717) is 17.8 Å². The topological polar surface area (TPSA) is 125 Å². The lowest BCUT2D eigenvalue weighted by atomic mass is 9.69. The number of methoxy groups -OCH3 is 1. The number of hydrogen-bond acceptors (Lipinski definition) is 8. The monoisotopic (exact) mass is 428 g/mol. The number of nitro groups is 1. The summed E-state index contributed by atoms with van der Waals surface area (Å²) in [5.74, 6) is -4.29. The third-order valence-corrected chi connectivity index (χ3v) is 5.68. The maximum atomic E-state index is 13.5. The van der Waals surface area contributed by atoms with Crippen molar-refractivity contribution in [3.8, 4) is 0 Å². The van der Waals surface area contributed by atoms with Crippen LogP contribution in [0.4, 0.5) is 5.69 Å². The first kappa shape index (κ1) is 22.2. The summed E-state index contributed by atoms with van der Waals surface area (Å²) in [4.78, 5) is 50.0. The van der Waals surface area contributed by atoms with Gasteiger partial charge in [-0.05, 0) is 26.2 Å². The quantitative estimate of drug-likeness (QED) is 0.328. The Balaban J connectivity index is 2.27. The molecule has 1 aliphatic heterocycles. The second-order valence-corrected chi connectivity index (χ2v) is 7.57. The van der Waals surface area contributed by atoms with Crippen LogP contribution >= 0.6 is 0 Å². The highest BCUT2D eigenvalue weighted by Crippen LogP contribution is 2.47. The summed E-state index contributed by atoms with van der Waals surface area (Å²) in [6.45, 7) is 5.18. The van der Waals surface area contributed by atoms with Crippen molar-refractivity contribution in [2.45, 2.75) is 33.1 Å². The molecule has 9 nitrogen and oxygen atoms in total. The Morgan fingerprint density at radius 1 is 1.29 bits per heavy atom. The second-order valence-electron chi connectivity index (χ2n) is 7.57. The van der Waals surface area contributed by atoms with E-state index in [9.17, 15) is 24.5 Å². The van der Waals surface area contributed by atoms with E-state index in [1.165, 1.54) is 25.3 Å². The van der Waals surface area contributed by atoms with Gasteiger partial charge in [0.15, 0.2) is 5.78 Å². The molecule has 0 bridgehead atoms. The van der Waals surface area contributed by atoms with Crippen molar-refractivity contribution in [2.75, 3.05) is 13.7 Å². The van der Waals surface area contributed by atoms with E-state index in [1.54, 1.807) is 26.8 Å². The fourth-order valence-corrected chi connectivity index (χ4v) is 4.37. The Morgan fingerprint density at radius 3 is 2.58 bits per heavy atom. The van der Waals surface area contributed by atoms with Crippen LogP contribution in [0.15, 0.2) is 46.8 Å². The van der Waals surface area contributed by atoms with Crippen molar-refractivity contribution in [3.63, 3.8) is 0 Å². The van der Waals surface area contributed by atoms with Gasteiger partial charge in [-0.1, -0.05) is 25.1 Å². The summed E-state index contributed by atoms with van der Waals surface area (Å²) in [6.07, 6.45) is 0.353. The van der Waals surface area contributed by atoms with Gasteiger partial charge < -0.3 is 14.8 Å². The first-order valence-electron chi connectivity index (χ1n) is 9.96. The van der Waals surface area contributed by atoms with Crippen molar-refractivity contribution in [2.24, 2.45) is 11.8 Å². The lowest BCUT2D eigenvalue weighted by Gasteiger charge is -2.38. The van der Waals surface area contributed by atoms with Gasteiger partial charge >= 0.3 is 11.9 Å². The SMILES string of the molecule is CCOC(=O)C1=C(C)NC2=C(C(=O)[C@@H](C(=O)OC)[C@@H](C)C2)[C@H]1c1ccccc1[N+](=O)[O-]. The predicted octanol–water partition coefficient (Wildman–Crippen LogP) is 2.77. The van der Waals surface area contributed by atoms with Crippen molar-refractivity contribution in [1.82, 2.24) is 5.32 Å². The largest absolute Gasteiger partial charge is 0.468 e. The highest BCUT2D eigenvalue weighted by atomic mass is 16.6. The molecule has 0 radical (unpaired) electrons. The van der Waals surface area contributed by atoms with Gasteiger partial charge in [0.25, 0.3) is 5.69 Å². The summed E-state index contributed by atoms with van der Waals surface area (Å²) in [5.41, 5.74) is 1.24. The lowest BCUT2D eigenvalue weighted by Crippen LogP contribution is -2.43. The molecule has 1 aromatic rings. The van der Waals surface area contributed by atoms with Crippen LogP contribution in [0.25, 0.3) is 0 Å². The number of rotatable bonds is 5. The standard InChI is InChI=1S/C22H24N2O7/c1-5-31-22(27)17-12(3)23-14-10-11(2)16(21(26)30-4)20(25)19(14)18(17)13-8-6-7-9-15(13)24(28)29/h6-9,11,16,18,23H,5,10H2,1-4H3/t11-,16-,18-/m0/s1. The highest BCUT2D eigenvalue weighted by molar-refractivity contribution is 6.12. The maximum absolute atomic E-state index is 13.5. The third-order valence-electron chi connectivity index (χ3n) is 5.68. The number of para-hydroxylation sites is 1. The molecule has 0 saturated carbocycles. The molecule has 0 fully saturated rings. The summed E-state index contributed by atoms with van der Waals surface area (Å²) in [6, 6.07) is 5.96. The first-order valence-corrected chi connectivity index (χ1v) is 9.96. The van der Waals surface area contributed by atoms with Crippen LogP contribution in [-0.2, 0) is 23.9 Å². The number of hydrogen-bond donors (Lipinski definition) is 1. The molecular weight excluding hydrogens is 404 g/mol. The van der Waals surface area contributed by atoms with Gasteiger partial charge in [-0.2, -0.15) is 0 Å². The maximum Gasteiger partial charge on any atom is 0.336 e. The predicted molar refractivity (Wildman–Crippen MR) is 110 cm³/mol. The highest BCUT2D eigenvalue weighted by Gasteiger charge is 2.48. The van der Waals surface area contributed by atoms with Gasteiger partial charge in [-0.3, -0.25) is 19.7 Å². The van der Waals surface area contributed by atoms with Gasteiger partial charge in [-0.25, -0.2) is 4.79 Å². The second kappa shape index (κ2) is 8.71. The number of ketones is 1. The first-order chi connectivity index (χ1) is 14.7. The number of carbonyl (C=O) groups is 3. The average molecular weight is 428 g/mol. The summed E-state index contributed by atoms with van der Waals surface area (Å²) in [5, 5.41) is 14.9. The number of nitrogens with zero attached hydrogens (tertiary/aromatic N) is 1. The molecule has 1 N–H and O–H groups in total. The molecule has 0 saturated heterocycles. The van der Waals surface area contributed by atoms with Crippen molar-refractivity contribution in [3.05, 3.63) is 62.5 Å². The van der Waals surface area contributed by atoms with Crippen molar-refractivity contribution < 1.29 is 28.8 Å². The van der Waals surface area contributed by atoms with Crippen LogP contribution in [0.5, 0.6) is 0 Å². The van der Waals surface area contributed by atoms with Gasteiger partial charge in [0.05, 0.1) is 30.1 Å². The Hall–Kier alpha value is -3.49. The lowest BCUT2D eigenvalue weighted by molar-refractivity contribution is -0.385. The van der Waals surface area contributed by atoms with Crippen LogP contribution in [-0.4, -0.2) is 36.4 Å². The summed E-state index contributed by atoms with van der Waals surface area (Å²) < 4.78 is 10.0. The minimum atomic E-state index is -1.06. The van der Waals surface area contributed by atoms with E-state index in [4.69, 9.17) is 9.47 Å². The molecule has 0 unspecified atom stereocenters. The molecule has 1 aliphatic carbocycles. The molecule has 31 heavy (non-hydrogen) atoms. The number of nitro benzene ring substituents is 1. The summed E-state index contributed by atoms with van der Waals surface area (Å²) >= 11 is 0. The number of ether oxygens (including phenoxy) is 2.